The van der Waals surface area contributed by atoms with E-state index in [0.29, 0.717) is 12.1 Å². The van der Waals surface area contributed by atoms with Crippen molar-refractivity contribution in [2.24, 2.45) is 5.92 Å². The summed E-state index contributed by atoms with van der Waals surface area (Å²) in [5, 5.41) is 3.46. The highest BCUT2D eigenvalue weighted by Gasteiger charge is 2.43. The van der Waals surface area contributed by atoms with Gasteiger partial charge in [-0.3, -0.25) is 4.79 Å². The van der Waals surface area contributed by atoms with Crippen LogP contribution in [0, 0.1) is 5.92 Å². The Bertz CT molecular complexity index is 242. The maximum atomic E-state index is 11.9. The molecule has 2 fully saturated rings. The molecule has 2 saturated heterocycles. The minimum absolute atomic E-state index is 0.0238. The van der Waals surface area contributed by atoms with Crippen molar-refractivity contribution in [3.63, 3.8) is 0 Å². The zero-order chi connectivity index (χ0) is 10.8. The Labute approximate surface area is 91.6 Å². The van der Waals surface area contributed by atoms with Crippen molar-refractivity contribution in [3.05, 3.63) is 0 Å². The van der Waals surface area contributed by atoms with Gasteiger partial charge in [-0.05, 0) is 32.6 Å². The van der Waals surface area contributed by atoms with Crippen LogP contribution in [0.5, 0.6) is 0 Å². The first-order valence-electron chi connectivity index (χ1n) is 6.17. The molecule has 2 aliphatic heterocycles. The van der Waals surface area contributed by atoms with Crippen LogP contribution in [0.3, 0.4) is 0 Å². The Morgan fingerprint density at radius 1 is 1.53 bits per heavy atom. The second-order valence-corrected chi connectivity index (χ2v) is 4.93. The summed E-state index contributed by atoms with van der Waals surface area (Å²) in [6.45, 7) is 4.10. The largest absolute Gasteiger partial charge is 0.462 e. The summed E-state index contributed by atoms with van der Waals surface area (Å²) in [5.74, 6) is 0.152. The SMILES string of the molecule is CCCC(C)OC(=O)C1CC2CCC1N2. The summed E-state index contributed by atoms with van der Waals surface area (Å²) in [4.78, 5) is 11.9. The zero-order valence-electron chi connectivity index (χ0n) is 9.66. The number of nitrogens with one attached hydrogen (secondary N) is 1. The van der Waals surface area contributed by atoms with Gasteiger partial charge in [0.2, 0.25) is 0 Å². The highest BCUT2D eigenvalue weighted by atomic mass is 16.5. The van der Waals surface area contributed by atoms with E-state index in [4.69, 9.17) is 4.74 Å². The van der Waals surface area contributed by atoms with Gasteiger partial charge in [-0.15, -0.1) is 0 Å². The molecule has 2 rings (SSSR count). The summed E-state index contributed by atoms with van der Waals surface area (Å²) in [6.07, 6.45) is 5.50. The van der Waals surface area contributed by atoms with Gasteiger partial charge in [0.1, 0.15) is 0 Å². The Kier molecular flexibility index (Phi) is 3.29. The van der Waals surface area contributed by atoms with Crippen LogP contribution in [0.2, 0.25) is 0 Å². The van der Waals surface area contributed by atoms with E-state index >= 15 is 0 Å². The van der Waals surface area contributed by atoms with Crippen LogP contribution in [0.4, 0.5) is 0 Å². The quantitative estimate of drug-likeness (QED) is 0.721. The first-order chi connectivity index (χ1) is 7.20. The second-order valence-electron chi connectivity index (χ2n) is 4.93. The summed E-state index contributed by atoms with van der Waals surface area (Å²) < 4.78 is 5.45. The highest BCUT2D eigenvalue weighted by Crippen LogP contribution is 2.34. The van der Waals surface area contributed by atoms with E-state index in [1.807, 2.05) is 6.92 Å². The zero-order valence-corrected chi connectivity index (χ0v) is 9.66. The molecular formula is C12H21NO2. The molecule has 3 heteroatoms. The number of carbonyl (C=O) groups is 1. The summed E-state index contributed by atoms with van der Waals surface area (Å²) >= 11 is 0. The lowest BCUT2D eigenvalue weighted by Crippen LogP contribution is -2.31. The highest BCUT2D eigenvalue weighted by molar-refractivity contribution is 5.74. The monoisotopic (exact) mass is 211 g/mol. The average Bonchev–Trinajstić information content (AvgIpc) is 2.78. The van der Waals surface area contributed by atoms with Crippen molar-refractivity contribution < 1.29 is 9.53 Å². The molecule has 0 radical (unpaired) electrons. The predicted octanol–water partition coefficient (Wildman–Crippen LogP) is 1.86. The van der Waals surface area contributed by atoms with Crippen molar-refractivity contribution in [1.29, 1.82) is 0 Å². The van der Waals surface area contributed by atoms with E-state index in [1.165, 1.54) is 6.42 Å². The number of fused-ring (bicyclic) bond motifs is 2. The lowest BCUT2D eigenvalue weighted by molar-refractivity contribution is -0.154. The third kappa shape index (κ3) is 2.33. The maximum absolute atomic E-state index is 11.9. The topological polar surface area (TPSA) is 38.3 Å². The Morgan fingerprint density at radius 3 is 2.87 bits per heavy atom. The van der Waals surface area contributed by atoms with Crippen LogP contribution in [0.1, 0.15) is 46.0 Å². The lowest BCUT2D eigenvalue weighted by Gasteiger charge is -2.21. The lowest BCUT2D eigenvalue weighted by atomic mass is 9.89. The third-order valence-corrected chi connectivity index (χ3v) is 3.62. The number of hydrogen-bond donors (Lipinski definition) is 1. The molecule has 2 bridgehead atoms. The first kappa shape index (κ1) is 10.9. The van der Waals surface area contributed by atoms with Crippen molar-refractivity contribution in [2.75, 3.05) is 0 Å². The molecule has 2 heterocycles. The fourth-order valence-corrected chi connectivity index (χ4v) is 2.84. The number of carbonyl (C=O) groups excluding carboxylic acids is 1. The van der Waals surface area contributed by atoms with Crippen molar-refractivity contribution in [3.8, 4) is 0 Å². The van der Waals surface area contributed by atoms with Gasteiger partial charge in [-0.2, -0.15) is 0 Å². The van der Waals surface area contributed by atoms with Crippen LogP contribution in [-0.2, 0) is 9.53 Å². The molecule has 2 aliphatic rings. The van der Waals surface area contributed by atoms with E-state index in [0.717, 1.165) is 25.7 Å². The average molecular weight is 211 g/mol. The molecule has 1 N–H and O–H groups in total. The number of hydrogen-bond acceptors (Lipinski definition) is 3. The first-order valence-corrected chi connectivity index (χ1v) is 6.17. The van der Waals surface area contributed by atoms with Crippen molar-refractivity contribution in [1.82, 2.24) is 5.32 Å². The fraction of sp³-hybridized carbons (Fsp3) is 0.917. The van der Waals surface area contributed by atoms with Gasteiger partial charge in [0.25, 0.3) is 0 Å². The summed E-state index contributed by atoms with van der Waals surface area (Å²) in [7, 11) is 0. The number of esters is 1. The smallest absolute Gasteiger partial charge is 0.310 e. The predicted molar refractivity (Wildman–Crippen MR) is 58.5 cm³/mol. The van der Waals surface area contributed by atoms with Crippen molar-refractivity contribution in [2.45, 2.75) is 64.1 Å². The summed E-state index contributed by atoms with van der Waals surface area (Å²) in [5.41, 5.74) is 0. The van der Waals surface area contributed by atoms with E-state index in [1.54, 1.807) is 0 Å². The van der Waals surface area contributed by atoms with E-state index < -0.39 is 0 Å². The van der Waals surface area contributed by atoms with Gasteiger partial charge in [0.05, 0.1) is 12.0 Å². The van der Waals surface area contributed by atoms with Gasteiger partial charge in [-0.25, -0.2) is 0 Å². The molecule has 0 spiro atoms. The van der Waals surface area contributed by atoms with Gasteiger partial charge in [0, 0.05) is 12.1 Å². The molecule has 0 aromatic rings. The molecule has 4 atom stereocenters. The molecule has 0 aromatic carbocycles. The Hall–Kier alpha value is -0.570. The third-order valence-electron chi connectivity index (χ3n) is 3.62. The molecule has 4 unspecified atom stereocenters. The molecule has 86 valence electrons. The second kappa shape index (κ2) is 4.52. The van der Waals surface area contributed by atoms with Crippen LogP contribution in [0.25, 0.3) is 0 Å². The maximum Gasteiger partial charge on any atom is 0.310 e. The molecule has 0 aliphatic carbocycles. The summed E-state index contributed by atoms with van der Waals surface area (Å²) in [6, 6.07) is 0.977. The molecule has 0 amide bonds. The van der Waals surface area contributed by atoms with Gasteiger partial charge >= 0.3 is 5.97 Å². The normalized spacial score (nSPS) is 35.5. The van der Waals surface area contributed by atoms with Gasteiger partial charge < -0.3 is 10.1 Å². The fourth-order valence-electron chi connectivity index (χ4n) is 2.84. The Morgan fingerprint density at radius 2 is 2.33 bits per heavy atom. The molecule has 15 heavy (non-hydrogen) atoms. The van der Waals surface area contributed by atoms with Crippen LogP contribution >= 0.6 is 0 Å². The number of ether oxygens (including phenoxy) is 1. The van der Waals surface area contributed by atoms with Crippen LogP contribution in [-0.4, -0.2) is 24.2 Å². The minimum Gasteiger partial charge on any atom is -0.462 e. The minimum atomic E-state index is 0.0238. The van der Waals surface area contributed by atoms with Crippen LogP contribution in [0.15, 0.2) is 0 Å². The Balaban J connectivity index is 1.81. The number of rotatable bonds is 4. The van der Waals surface area contributed by atoms with Crippen molar-refractivity contribution >= 4 is 5.97 Å². The molecule has 3 nitrogen and oxygen atoms in total. The van der Waals surface area contributed by atoms with Gasteiger partial charge in [-0.1, -0.05) is 13.3 Å². The van der Waals surface area contributed by atoms with Crippen LogP contribution < -0.4 is 5.32 Å². The standard InChI is InChI=1S/C12H21NO2/c1-3-4-8(2)15-12(14)10-7-9-5-6-11(10)13-9/h8-11,13H,3-7H2,1-2H3. The van der Waals surface area contributed by atoms with E-state index in [9.17, 15) is 4.79 Å². The van der Waals surface area contributed by atoms with E-state index in [-0.39, 0.29) is 18.0 Å². The molecule has 0 aromatic heterocycles. The molecular weight excluding hydrogens is 190 g/mol. The molecule has 0 saturated carbocycles. The van der Waals surface area contributed by atoms with Gasteiger partial charge in [0.15, 0.2) is 0 Å². The van der Waals surface area contributed by atoms with E-state index in [2.05, 4.69) is 12.2 Å².